The monoisotopic (exact) mass is 196 g/mol. The first-order valence-electron chi connectivity index (χ1n) is 4.30. The van der Waals surface area contributed by atoms with Crippen molar-refractivity contribution < 1.29 is 9.59 Å². The molecular weight excluding hydrogens is 184 g/mol. The lowest BCUT2D eigenvalue weighted by Gasteiger charge is -1.89. The zero-order valence-electron chi connectivity index (χ0n) is 7.36. The summed E-state index contributed by atoms with van der Waals surface area (Å²) in [5, 5.41) is 2.06. The Morgan fingerprint density at radius 3 is 2.54 bits per heavy atom. The average Bonchev–Trinajstić information content (AvgIpc) is 2.59. The van der Waals surface area contributed by atoms with Gasteiger partial charge < -0.3 is 9.59 Å². The van der Waals surface area contributed by atoms with Crippen molar-refractivity contribution in [2.45, 2.75) is 25.7 Å². The van der Waals surface area contributed by atoms with Crippen molar-refractivity contribution in [3.63, 3.8) is 0 Å². The van der Waals surface area contributed by atoms with E-state index in [4.69, 9.17) is 0 Å². The molecule has 0 bridgehead atoms. The van der Waals surface area contributed by atoms with E-state index < -0.39 is 0 Å². The maximum atomic E-state index is 10.1. The summed E-state index contributed by atoms with van der Waals surface area (Å²) in [4.78, 5) is 21.5. The van der Waals surface area contributed by atoms with Crippen molar-refractivity contribution in [3.05, 3.63) is 21.9 Å². The zero-order chi connectivity index (χ0) is 9.52. The summed E-state index contributed by atoms with van der Waals surface area (Å²) in [5.74, 6) is 0. The van der Waals surface area contributed by atoms with Gasteiger partial charge in [0.05, 0.1) is 0 Å². The molecule has 0 unspecified atom stereocenters. The van der Waals surface area contributed by atoms with Crippen LogP contribution in [0.25, 0.3) is 0 Å². The minimum atomic E-state index is 0.587. The van der Waals surface area contributed by atoms with Crippen LogP contribution in [0.4, 0.5) is 0 Å². The Hall–Kier alpha value is -0.960. The fourth-order valence-electron chi connectivity index (χ4n) is 1.12. The van der Waals surface area contributed by atoms with Crippen LogP contribution in [0.2, 0.25) is 0 Å². The summed E-state index contributed by atoms with van der Waals surface area (Å²) in [5.41, 5.74) is 1.21. The van der Waals surface area contributed by atoms with E-state index in [9.17, 15) is 9.59 Å². The number of thiophene rings is 1. The summed E-state index contributed by atoms with van der Waals surface area (Å²) < 4.78 is 0. The van der Waals surface area contributed by atoms with Gasteiger partial charge in [0.15, 0.2) is 0 Å². The van der Waals surface area contributed by atoms with Crippen molar-refractivity contribution in [3.8, 4) is 0 Å². The third kappa shape index (κ3) is 3.51. The summed E-state index contributed by atoms with van der Waals surface area (Å²) in [6.45, 7) is 0. The van der Waals surface area contributed by atoms with Crippen molar-refractivity contribution in [2.24, 2.45) is 0 Å². The van der Waals surface area contributed by atoms with E-state index >= 15 is 0 Å². The van der Waals surface area contributed by atoms with Crippen LogP contribution >= 0.6 is 11.3 Å². The van der Waals surface area contributed by atoms with Crippen molar-refractivity contribution in [1.29, 1.82) is 0 Å². The molecule has 3 heteroatoms. The van der Waals surface area contributed by atoms with Crippen LogP contribution in [0, 0.1) is 0 Å². The number of carbonyl (C=O) groups excluding carboxylic acids is 2. The van der Waals surface area contributed by atoms with Gasteiger partial charge in [-0.05, 0) is 29.9 Å². The van der Waals surface area contributed by atoms with Gasteiger partial charge in [-0.1, -0.05) is 0 Å². The molecule has 1 aromatic rings. The highest BCUT2D eigenvalue weighted by molar-refractivity contribution is 7.10. The molecule has 0 amide bonds. The van der Waals surface area contributed by atoms with Crippen LogP contribution in [-0.2, 0) is 22.4 Å². The molecule has 70 valence electrons. The van der Waals surface area contributed by atoms with E-state index in [2.05, 4.69) is 11.4 Å². The van der Waals surface area contributed by atoms with Crippen LogP contribution in [0.5, 0.6) is 0 Å². The van der Waals surface area contributed by atoms with Crippen molar-refractivity contribution in [2.75, 3.05) is 0 Å². The number of aryl methyl sites for hydroxylation is 2. The molecule has 0 radical (unpaired) electrons. The number of hydrogen-bond donors (Lipinski definition) is 0. The van der Waals surface area contributed by atoms with Crippen molar-refractivity contribution >= 4 is 23.9 Å². The molecule has 1 heterocycles. The van der Waals surface area contributed by atoms with Crippen LogP contribution in [-0.4, -0.2) is 12.6 Å². The molecule has 0 aliphatic carbocycles. The van der Waals surface area contributed by atoms with E-state index in [1.165, 1.54) is 10.4 Å². The largest absolute Gasteiger partial charge is 0.303 e. The van der Waals surface area contributed by atoms with Gasteiger partial charge in [0.25, 0.3) is 0 Å². The summed E-state index contributed by atoms with van der Waals surface area (Å²) >= 11 is 1.67. The zero-order valence-corrected chi connectivity index (χ0v) is 8.18. The van der Waals surface area contributed by atoms with E-state index in [-0.39, 0.29) is 0 Å². The van der Waals surface area contributed by atoms with Gasteiger partial charge in [0, 0.05) is 17.7 Å². The second-order valence-corrected chi connectivity index (χ2v) is 3.83. The van der Waals surface area contributed by atoms with Gasteiger partial charge in [0.1, 0.15) is 12.6 Å². The lowest BCUT2D eigenvalue weighted by molar-refractivity contribution is -0.108. The van der Waals surface area contributed by atoms with Gasteiger partial charge in [0.2, 0.25) is 0 Å². The fraction of sp³-hybridized carbons (Fsp3) is 0.400. The molecule has 0 spiro atoms. The molecule has 0 aliphatic rings. The van der Waals surface area contributed by atoms with Crippen LogP contribution in [0.15, 0.2) is 11.4 Å². The minimum absolute atomic E-state index is 0.587. The summed E-state index contributed by atoms with van der Waals surface area (Å²) in [6, 6.07) is 2.08. The molecule has 1 aromatic heterocycles. The minimum Gasteiger partial charge on any atom is -0.303 e. The molecule has 0 atom stereocenters. The smallest absolute Gasteiger partial charge is 0.120 e. The Kier molecular flexibility index (Phi) is 4.40. The molecule has 2 nitrogen and oxygen atoms in total. The first-order valence-corrected chi connectivity index (χ1v) is 5.18. The molecule has 0 aliphatic heterocycles. The van der Waals surface area contributed by atoms with E-state index in [1.54, 1.807) is 11.3 Å². The third-order valence-electron chi connectivity index (χ3n) is 1.77. The van der Waals surface area contributed by atoms with Crippen LogP contribution in [0.3, 0.4) is 0 Å². The normalized spacial score (nSPS) is 9.85. The quantitative estimate of drug-likeness (QED) is 0.652. The first kappa shape index (κ1) is 10.1. The average molecular weight is 196 g/mol. The lowest BCUT2D eigenvalue weighted by atomic mass is 10.2. The molecule has 0 N–H and O–H groups in total. The highest BCUT2D eigenvalue weighted by Crippen LogP contribution is 2.17. The highest BCUT2D eigenvalue weighted by atomic mass is 32.1. The Morgan fingerprint density at radius 1 is 1.15 bits per heavy atom. The number of hydrogen-bond acceptors (Lipinski definition) is 3. The highest BCUT2D eigenvalue weighted by Gasteiger charge is 1.99. The Labute approximate surface area is 81.6 Å². The Bertz CT molecular complexity index is 252. The predicted octanol–water partition coefficient (Wildman–Crippen LogP) is 2.01. The maximum Gasteiger partial charge on any atom is 0.120 e. The number of carbonyl (C=O) groups is 2. The second-order valence-electron chi connectivity index (χ2n) is 2.83. The Balaban J connectivity index is 2.43. The van der Waals surface area contributed by atoms with Gasteiger partial charge in [-0.25, -0.2) is 0 Å². The van der Waals surface area contributed by atoms with Crippen LogP contribution in [0.1, 0.15) is 23.3 Å². The van der Waals surface area contributed by atoms with Crippen molar-refractivity contribution in [1.82, 2.24) is 0 Å². The maximum absolute atomic E-state index is 10.1. The van der Waals surface area contributed by atoms with Gasteiger partial charge in [-0.2, -0.15) is 0 Å². The van der Waals surface area contributed by atoms with Gasteiger partial charge in [-0.3, -0.25) is 0 Å². The number of rotatable bonds is 6. The van der Waals surface area contributed by atoms with Gasteiger partial charge >= 0.3 is 0 Å². The number of aldehydes is 2. The van der Waals surface area contributed by atoms with E-state index in [0.717, 1.165) is 25.4 Å². The third-order valence-corrected chi connectivity index (χ3v) is 2.81. The molecule has 0 saturated heterocycles. The lowest BCUT2D eigenvalue weighted by Crippen LogP contribution is -1.83. The molecule has 1 rings (SSSR count). The summed E-state index contributed by atoms with van der Waals surface area (Å²) in [7, 11) is 0. The predicted molar refractivity (Wildman–Crippen MR) is 53.1 cm³/mol. The molecule has 0 saturated carbocycles. The molecular formula is C10H12O2S. The van der Waals surface area contributed by atoms with Crippen LogP contribution < -0.4 is 0 Å². The molecule has 0 fully saturated rings. The molecule has 0 aromatic carbocycles. The first-order chi connectivity index (χ1) is 6.36. The van der Waals surface area contributed by atoms with E-state index in [1.807, 2.05) is 0 Å². The second kappa shape index (κ2) is 5.65. The standard InChI is InChI=1S/C10H12O2S/c11-5-1-3-9-7-10(13-8-9)4-2-6-12/h5-8H,1-4H2. The van der Waals surface area contributed by atoms with E-state index in [0.29, 0.717) is 12.8 Å². The summed E-state index contributed by atoms with van der Waals surface area (Å²) in [6.07, 6.45) is 4.70. The fourth-order valence-corrected chi connectivity index (χ4v) is 2.06. The Morgan fingerprint density at radius 2 is 1.85 bits per heavy atom. The molecule has 13 heavy (non-hydrogen) atoms. The topological polar surface area (TPSA) is 34.1 Å². The van der Waals surface area contributed by atoms with Gasteiger partial charge in [-0.15, -0.1) is 11.3 Å². The SMILES string of the molecule is O=CCCc1csc(CCC=O)c1.